The molecule has 3 nitrogen and oxygen atoms in total. The fourth-order valence-corrected chi connectivity index (χ4v) is 2.18. The highest BCUT2D eigenvalue weighted by molar-refractivity contribution is 5.94. The molecule has 0 bridgehead atoms. The zero-order valence-electron chi connectivity index (χ0n) is 13.3. The van der Waals surface area contributed by atoms with Gasteiger partial charge in [0.25, 0.3) is 0 Å². The molecule has 0 atom stereocenters. The molecule has 0 heterocycles. The number of rotatable bonds is 7. The first-order chi connectivity index (χ1) is 10.6. The van der Waals surface area contributed by atoms with Gasteiger partial charge < -0.3 is 9.47 Å². The number of ketones is 1. The van der Waals surface area contributed by atoms with Crippen LogP contribution in [0.2, 0.25) is 0 Å². The van der Waals surface area contributed by atoms with E-state index in [0.717, 1.165) is 22.6 Å². The van der Waals surface area contributed by atoms with E-state index >= 15 is 0 Å². The number of hydrogen-bond donors (Lipinski definition) is 0. The van der Waals surface area contributed by atoms with Gasteiger partial charge in [-0.15, -0.1) is 0 Å². The summed E-state index contributed by atoms with van der Waals surface area (Å²) >= 11 is 0. The molecule has 0 aliphatic rings. The minimum atomic E-state index is 0.0702. The molecule has 0 N–H and O–H groups in total. The molecule has 0 saturated carbocycles. The molecule has 0 saturated heterocycles. The molecule has 0 radical (unpaired) electrons. The molecule has 22 heavy (non-hydrogen) atoms. The van der Waals surface area contributed by atoms with Crippen LogP contribution in [0.5, 0.6) is 11.5 Å². The average molecular weight is 298 g/mol. The molecule has 0 aromatic heterocycles. The van der Waals surface area contributed by atoms with Gasteiger partial charge in [0.1, 0.15) is 24.7 Å². The Morgan fingerprint density at radius 2 is 1.68 bits per heavy atom. The standard InChI is InChI=1S/C19H22O3/c1-14(2)18-13-16(15(3)20)9-10-19(18)22-12-11-21-17-7-5-4-6-8-17/h4-10,13-14H,11-12H2,1-3H3. The minimum Gasteiger partial charge on any atom is -0.490 e. The second-order valence-electron chi connectivity index (χ2n) is 5.47. The molecular formula is C19H22O3. The number of para-hydroxylation sites is 1. The number of benzene rings is 2. The molecule has 0 aliphatic carbocycles. The van der Waals surface area contributed by atoms with Gasteiger partial charge in [-0.1, -0.05) is 32.0 Å². The van der Waals surface area contributed by atoms with Crippen molar-refractivity contribution >= 4 is 5.78 Å². The van der Waals surface area contributed by atoms with Gasteiger partial charge in [0, 0.05) is 5.56 Å². The van der Waals surface area contributed by atoms with Gasteiger partial charge >= 0.3 is 0 Å². The maximum Gasteiger partial charge on any atom is 0.159 e. The van der Waals surface area contributed by atoms with Crippen molar-refractivity contribution < 1.29 is 14.3 Å². The van der Waals surface area contributed by atoms with Crippen LogP contribution in [0.1, 0.15) is 42.6 Å². The molecule has 2 aromatic rings. The lowest BCUT2D eigenvalue weighted by molar-refractivity contribution is 0.101. The number of Topliss-reactive ketones (excluding diaryl/α,β-unsaturated/α-hetero) is 1. The molecule has 2 aromatic carbocycles. The van der Waals surface area contributed by atoms with Crippen molar-refractivity contribution in [3.8, 4) is 11.5 Å². The number of ether oxygens (including phenoxy) is 2. The summed E-state index contributed by atoms with van der Waals surface area (Å²) < 4.78 is 11.4. The first kappa shape index (κ1) is 16.1. The Balaban J connectivity index is 1.96. The first-order valence-corrected chi connectivity index (χ1v) is 7.53. The lowest BCUT2D eigenvalue weighted by Crippen LogP contribution is -2.10. The van der Waals surface area contributed by atoms with E-state index in [1.165, 1.54) is 0 Å². The van der Waals surface area contributed by atoms with Crippen LogP contribution in [0, 0.1) is 0 Å². The summed E-state index contributed by atoms with van der Waals surface area (Å²) in [5, 5.41) is 0. The Kier molecular flexibility index (Phi) is 5.59. The maximum atomic E-state index is 11.5. The van der Waals surface area contributed by atoms with Gasteiger partial charge in [0.05, 0.1) is 0 Å². The number of hydrogen-bond acceptors (Lipinski definition) is 3. The number of carbonyl (C=O) groups excluding carboxylic acids is 1. The second kappa shape index (κ2) is 7.64. The number of carbonyl (C=O) groups is 1. The van der Waals surface area contributed by atoms with E-state index in [9.17, 15) is 4.79 Å². The summed E-state index contributed by atoms with van der Waals surface area (Å²) in [6.07, 6.45) is 0. The van der Waals surface area contributed by atoms with E-state index < -0.39 is 0 Å². The maximum absolute atomic E-state index is 11.5. The van der Waals surface area contributed by atoms with Gasteiger partial charge in [-0.05, 0) is 48.7 Å². The smallest absolute Gasteiger partial charge is 0.159 e. The summed E-state index contributed by atoms with van der Waals surface area (Å²) in [7, 11) is 0. The van der Waals surface area contributed by atoms with Crippen LogP contribution >= 0.6 is 0 Å². The third-order valence-electron chi connectivity index (χ3n) is 3.39. The van der Waals surface area contributed by atoms with Gasteiger partial charge in [-0.25, -0.2) is 0 Å². The quantitative estimate of drug-likeness (QED) is 0.559. The van der Waals surface area contributed by atoms with E-state index in [4.69, 9.17) is 9.47 Å². The highest BCUT2D eigenvalue weighted by atomic mass is 16.5. The van der Waals surface area contributed by atoms with Gasteiger partial charge in [0.15, 0.2) is 5.78 Å². The van der Waals surface area contributed by atoms with Crippen molar-refractivity contribution in [2.75, 3.05) is 13.2 Å². The predicted octanol–water partition coefficient (Wildman–Crippen LogP) is 4.47. The summed E-state index contributed by atoms with van der Waals surface area (Å²) in [6, 6.07) is 15.3. The normalized spacial score (nSPS) is 10.5. The van der Waals surface area contributed by atoms with Crippen molar-refractivity contribution in [1.82, 2.24) is 0 Å². The van der Waals surface area contributed by atoms with Gasteiger partial charge in [-0.3, -0.25) is 4.79 Å². The van der Waals surface area contributed by atoms with Crippen LogP contribution in [0.15, 0.2) is 48.5 Å². The van der Waals surface area contributed by atoms with Crippen LogP contribution in [0.25, 0.3) is 0 Å². The second-order valence-corrected chi connectivity index (χ2v) is 5.47. The van der Waals surface area contributed by atoms with Crippen molar-refractivity contribution in [1.29, 1.82) is 0 Å². The van der Waals surface area contributed by atoms with E-state index in [2.05, 4.69) is 13.8 Å². The van der Waals surface area contributed by atoms with E-state index in [-0.39, 0.29) is 5.78 Å². The van der Waals surface area contributed by atoms with Crippen LogP contribution in [0.3, 0.4) is 0 Å². The SMILES string of the molecule is CC(=O)c1ccc(OCCOc2ccccc2)c(C(C)C)c1. The summed E-state index contributed by atoms with van der Waals surface area (Å²) in [4.78, 5) is 11.5. The Hall–Kier alpha value is -2.29. The molecule has 0 unspecified atom stereocenters. The first-order valence-electron chi connectivity index (χ1n) is 7.53. The highest BCUT2D eigenvalue weighted by Gasteiger charge is 2.11. The molecule has 0 aliphatic heterocycles. The van der Waals surface area contributed by atoms with Crippen molar-refractivity contribution in [2.24, 2.45) is 0 Å². The van der Waals surface area contributed by atoms with Crippen molar-refractivity contribution in [3.63, 3.8) is 0 Å². The molecule has 0 amide bonds. The molecular weight excluding hydrogens is 276 g/mol. The fraction of sp³-hybridized carbons (Fsp3) is 0.316. The van der Waals surface area contributed by atoms with E-state index in [1.807, 2.05) is 48.5 Å². The lowest BCUT2D eigenvalue weighted by atomic mass is 9.98. The van der Waals surface area contributed by atoms with Crippen LogP contribution in [-0.2, 0) is 0 Å². The largest absolute Gasteiger partial charge is 0.490 e. The third-order valence-corrected chi connectivity index (χ3v) is 3.39. The average Bonchev–Trinajstić information content (AvgIpc) is 2.52. The van der Waals surface area contributed by atoms with Crippen LogP contribution in [0.4, 0.5) is 0 Å². The molecule has 0 spiro atoms. The molecule has 3 heteroatoms. The zero-order chi connectivity index (χ0) is 15.9. The van der Waals surface area contributed by atoms with E-state index in [1.54, 1.807) is 6.92 Å². The fourth-order valence-electron chi connectivity index (χ4n) is 2.18. The Morgan fingerprint density at radius 3 is 2.32 bits per heavy atom. The van der Waals surface area contributed by atoms with Crippen molar-refractivity contribution in [2.45, 2.75) is 26.7 Å². The lowest BCUT2D eigenvalue weighted by Gasteiger charge is -2.15. The van der Waals surface area contributed by atoms with Crippen LogP contribution < -0.4 is 9.47 Å². The third kappa shape index (κ3) is 4.35. The predicted molar refractivity (Wildman–Crippen MR) is 88.0 cm³/mol. The molecule has 116 valence electrons. The minimum absolute atomic E-state index is 0.0702. The Morgan fingerprint density at radius 1 is 1.00 bits per heavy atom. The highest BCUT2D eigenvalue weighted by Crippen LogP contribution is 2.27. The van der Waals surface area contributed by atoms with Crippen molar-refractivity contribution in [3.05, 3.63) is 59.7 Å². The van der Waals surface area contributed by atoms with Gasteiger partial charge in [0.2, 0.25) is 0 Å². The molecule has 2 rings (SSSR count). The monoisotopic (exact) mass is 298 g/mol. The topological polar surface area (TPSA) is 35.5 Å². The van der Waals surface area contributed by atoms with Crippen LogP contribution in [-0.4, -0.2) is 19.0 Å². The summed E-state index contributed by atoms with van der Waals surface area (Å²) in [5.41, 5.74) is 1.77. The summed E-state index contributed by atoms with van der Waals surface area (Å²) in [5.74, 6) is 2.02. The molecule has 0 fully saturated rings. The van der Waals surface area contributed by atoms with E-state index in [0.29, 0.717) is 19.1 Å². The summed E-state index contributed by atoms with van der Waals surface area (Å²) in [6.45, 7) is 6.71. The Labute approximate surface area is 131 Å². The Bertz CT molecular complexity index is 618. The zero-order valence-corrected chi connectivity index (χ0v) is 13.3. The van der Waals surface area contributed by atoms with Gasteiger partial charge in [-0.2, -0.15) is 0 Å².